The van der Waals surface area contributed by atoms with Crippen LogP contribution in [0.3, 0.4) is 0 Å². The zero-order valence-corrected chi connectivity index (χ0v) is 14.3. The highest BCUT2D eigenvalue weighted by Gasteiger charge is 2.26. The highest BCUT2D eigenvalue weighted by atomic mass is 19.1. The monoisotopic (exact) mass is 361 g/mol. The molecule has 0 spiro atoms. The lowest BCUT2D eigenvalue weighted by Gasteiger charge is -2.13. The van der Waals surface area contributed by atoms with Gasteiger partial charge in [-0.1, -0.05) is 36.4 Å². The van der Waals surface area contributed by atoms with Crippen LogP contribution in [-0.2, 0) is 6.54 Å². The van der Waals surface area contributed by atoms with Crippen LogP contribution < -0.4 is 16.0 Å². The molecule has 0 saturated carbocycles. The zero-order valence-electron chi connectivity index (χ0n) is 14.3. The predicted molar refractivity (Wildman–Crippen MR) is 102 cm³/mol. The molecule has 4 rings (SSSR count). The van der Waals surface area contributed by atoms with E-state index in [-0.39, 0.29) is 11.7 Å². The highest BCUT2D eigenvalue weighted by molar-refractivity contribution is 6.10. The molecular weight excluding hydrogens is 345 g/mol. The minimum atomic E-state index is -0.433. The first-order chi connectivity index (χ1) is 13.1. The van der Waals surface area contributed by atoms with Crippen LogP contribution in [-0.4, -0.2) is 11.9 Å². The molecule has 134 valence electrons. The zero-order chi connectivity index (χ0) is 18.8. The van der Waals surface area contributed by atoms with Crippen molar-refractivity contribution in [1.82, 2.24) is 5.32 Å². The van der Waals surface area contributed by atoms with Crippen molar-refractivity contribution in [2.45, 2.75) is 6.54 Å². The Bertz CT molecular complexity index is 1020. The number of rotatable bonds is 3. The number of benzene rings is 3. The maximum Gasteiger partial charge on any atom is 0.323 e. The van der Waals surface area contributed by atoms with Gasteiger partial charge < -0.3 is 16.0 Å². The van der Waals surface area contributed by atoms with Gasteiger partial charge in [-0.25, -0.2) is 9.18 Å². The molecule has 1 aliphatic heterocycles. The lowest BCUT2D eigenvalue weighted by molar-refractivity contribution is 0.0966. The first kappa shape index (κ1) is 16.8. The Morgan fingerprint density at radius 2 is 1.67 bits per heavy atom. The van der Waals surface area contributed by atoms with Gasteiger partial charge in [0.1, 0.15) is 5.82 Å². The molecule has 5 nitrogen and oxygen atoms in total. The fourth-order valence-corrected chi connectivity index (χ4v) is 3.16. The Kier molecular flexibility index (Phi) is 4.30. The molecule has 3 aromatic carbocycles. The molecule has 0 bridgehead atoms. The van der Waals surface area contributed by atoms with Gasteiger partial charge in [-0.3, -0.25) is 4.79 Å². The topological polar surface area (TPSA) is 70.2 Å². The number of nitrogens with one attached hydrogen (secondary N) is 3. The highest BCUT2D eigenvalue weighted by Crippen LogP contribution is 2.34. The van der Waals surface area contributed by atoms with E-state index in [1.165, 1.54) is 12.1 Å². The van der Waals surface area contributed by atoms with E-state index in [1.54, 1.807) is 30.3 Å². The van der Waals surface area contributed by atoms with E-state index in [9.17, 15) is 14.0 Å². The van der Waals surface area contributed by atoms with Crippen molar-refractivity contribution >= 4 is 23.3 Å². The van der Waals surface area contributed by atoms with Crippen molar-refractivity contribution < 1.29 is 14.0 Å². The molecule has 1 heterocycles. The summed E-state index contributed by atoms with van der Waals surface area (Å²) in [6, 6.07) is 18.2. The molecular formula is C21H16FN3O2. The van der Waals surface area contributed by atoms with E-state index in [0.29, 0.717) is 23.5 Å². The van der Waals surface area contributed by atoms with Gasteiger partial charge >= 0.3 is 6.03 Å². The van der Waals surface area contributed by atoms with Crippen LogP contribution in [0.25, 0.3) is 11.1 Å². The Morgan fingerprint density at radius 3 is 2.41 bits per heavy atom. The molecule has 0 aromatic heterocycles. The third-order valence-electron chi connectivity index (χ3n) is 4.40. The number of fused-ring (bicyclic) bond motifs is 1. The minimum Gasteiger partial charge on any atom is -0.348 e. The van der Waals surface area contributed by atoms with Crippen LogP contribution >= 0.6 is 0 Å². The number of hydrogen-bond acceptors (Lipinski definition) is 2. The fourth-order valence-electron chi connectivity index (χ4n) is 3.16. The molecule has 27 heavy (non-hydrogen) atoms. The largest absolute Gasteiger partial charge is 0.348 e. The summed E-state index contributed by atoms with van der Waals surface area (Å²) >= 11 is 0. The van der Waals surface area contributed by atoms with Gasteiger partial charge in [0.2, 0.25) is 0 Å². The first-order valence-electron chi connectivity index (χ1n) is 8.45. The number of amides is 3. The van der Waals surface area contributed by atoms with Gasteiger partial charge in [0, 0.05) is 12.2 Å². The molecule has 0 unspecified atom stereocenters. The molecule has 0 fully saturated rings. The lowest BCUT2D eigenvalue weighted by atomic mass is 9.95. The van der Waals surface area contributed by atoms with E-state index < -0.39 is 6.03 Å². The van der Waals surface area contributed by atoms with Crippen molar-refractivity contribution in [3.05, 3.63) is 83.7 Å². The van der Waals surface area contributed by atoms with Gasteiger partial charge in [-0.05, 0) is 47.0 Å². The van der Waals surface area contributed by atoms with E-state index >= 15 is 0 Å². The molecule has 3 aromatic rings. The Balaban J connectivity index is 1.65. The number of carbonyl (C=O) groups is 2. The predicted octanol–water partition coefficient (Wildman–Crippen LogP) is 4.38. The van der Waals surface area contributed by atoms with Crippen LogP contribution in [0.2, 0.25) is 0 Å². The second-order valence-corrected chi connectivity index (χ2v) is 6.15. The number of urea groups is 1. The van der Waals surface area contributed by atoms with Gasteiger partial charge in [-0.2, -0.15) is 0 Å². The Morgan fingerprint density at radius 1 is 0.926 bits per heavy atom. The first-order valence-corrected chi connectivity index (χ1v) is 8.45. The number of hydrogen-bond donors (Lipinski definition) is 3. The minimum absolute atomic E-state index is 0.246. The summed E-state index contributed by atoms with van der Waals surface area (Å²) in [5.41, 5.74) is 3.93. The Labute approximate surface area is 155 Å². The van der Waals surface area contributed by atoms with Crippen LogP contribution in [0.1, 0.15) is 15.9 Å². The molecule has 3 N–H and O–H groups in total. The normalized spacial score (nSPS) is 12.3. The average molecular weight is 361 g/mol. The molecule has 6 heteroatoms. The number of halogens is 1. The quantitative estimate of drug-likeness (QED) is 0.648. The maximum atomic E-state index is 13.2. The average Bonchev–Trinajstić information content (AvgIpc) is 3.06. The van der Waals surface area contributed by atoms with Gasteiger partial charge in [0.25, 0.3) is 5.91 Å². The van der Waals surface area contributed by atoms with Crippen molar-refractivity contribution in [3.8, 4) is 11.1 Å². The molecule has 0 saturated heterocycles. The molecule has 0 atom stereocenters. The van der Waals surface area contributed by atoms with Crippen LogP contribution in [0.15, 0.2) is 66.7 Å². The van der Waals surface area contributed by atoms with Gasteiger partial charge in [-0.15, -0.1) is 0 Å². The second kappa shape index (κ2) is 6.92. The fraction of sp³-hybridized carbons (Fsp3) is 0.0476. The Hall–Kier alpha value is -3.67. The van der Waals surface area contributed by atoms with Crippen LogP contribution in [0.5, 0.6) is 0 Å². The summed E-state index contributed by atoms with van der Waals surface area (Å²) in [4.78, 5) is 24.6. The van der Waals surface area contributed by atoms with Crippen LogP contribution in [0, 0.1) is 5.82 Å². The molecule has 0 radical (unpaired) electrons. The summed E-state index contributed by atoms with van der Waals surface area (Å²) in [5.74, 6) is -0.565. The third kappa shape index (κ3) is 3.37. The SMILES string of the molecule is O=C(Nc1ccccc1)Nc1ccc(-c2ccc(F)cc2)c2c1C(=O)NC2. The number of para-hydroxylation sites is 1. The standard InChI is InChI=1S/C21H16FN3O2/c22-14-8-6-13(7-9-14)16-10-11-18(19-17(16)12-23-20(19)26)25-21(27)24-15-4-2-1-3-5-15/h1-11H,12H2,(H,23,26)(H2,24,25,27). The number of anilines is 2. The second-order valence-electron chi connectivity index (χ2n) is 6.15. The lowest BCUT2D eigenvalue weighted by Crippen LogP contribution is -2.21. The molecule has 0 aliphatic carbocycles. The van der Waals surface area contributed by atoms with Crippen LogP contribution in [0.4, 0.5) is 20.6 Å². The van der Waals surface area contributed by atoms with Crippen molar-refractivity contribution in [3.63, 3.8) is 0 Å². The molecule has 1 aliphatic rings. The van der Waals surface area contributed by atoms with E-state index in [2.05, 4.69) is 16.0 Å². The van der Waals surface area contributed by atoms with E-state index in [1.807, 2.05) is 24.3 Å². The smallest absolute Gasteiger partial charge is 0.323 e. The van der Waals surface area contributed by atoms with Crippen molar-refractivity contribution in [2.75, 3.05) is 10.6 Å². The third-order valence-corrected chi connectivity index (χ3v) is 4.40. The van der Waals surface area contributed by atoms with Crippen molar-refractivity contribution in [1.29, 1.82) is 0 Å². The number of carbonyl (C=O) groups excluding carboxylic acids is 2. The van der Waals surface area contributed by atoms with Crippen molar-refractivity contribution in [2.24, 2.45) is 0 Å². The van der Waals surface area contributed by atoms with E-state index in [0.717, 1.165) is 16.7 Å². The summed E-state index contributed by atoms with van der Waals surface area (Å²) < 4.78 is 13.2. The summed E-state index contributed by atoms with van der Waals surface area (Å²) in [7, 11) is 0. The maximum absolute atomic E-state index is 13.2. The summed E-state index contributed by atoms with van der Waals surface area (Å²) in [5, 5.41) is 8.25. The van der Waals surface area contributed by atoms with E-state index in [4.69, 9.17) is 0 Å². The molecule has 3 amide bonds. The summed E-state index contributed by atoms with van der Waals surface area (Å²) in [6.07, 6.45) is 0. The van der Waals surface area contributed by atoms with Gasteiger partial charge in [0.05, 0.1) is 11.3 Å². The van der Waals surface area contributed by atoms with Gasteiger partial charge in [0.15, 0.2) is 0 Å². The summed E-state index contributed by atoms with van der Waals surface area (Å²) in [6.45, 7) is 0.358.